The van der Waals surface area contributed by atoms with Crippen molar-refractivity contribution in [1.29, 1.82) is 0 Å². The van der Waals surface area contributed by atoms with E-state index in [0.29, 0.717) is 17.8 Å². The maximum atomic E-state index is 6.84. The van der Waals surface area contributed by atoms with Crippen molar-refractivity contribution in [2.75, 3.05) is 0 Å². The molecule has 0 radical (unpaired) electrons. The Hall–Kier alpha value is -0.560. The third kappa shape index (κ3) is 1.92. The maximum absolute atomic E-state index is 6.84. The molecular weight excluding hydrogens is 256 g/mol. The summed E-state index contributed by atoms with van der Waals surface area (Å²) in [5.74, 6) is 1.96. The standard InChI is InChI=1S/C20H32O/c1-7-18(5)12-13-20(21-18)15(3)8-9-17-16(4)14(2)10-11-19(17,20)6/h7,14-15,17H,1,4,8-13H2,2-3,5-6H3/t14-,15-,17+,18-,19+,20-/m1/s1. The smallest absolute Gasteiger partial charge is 0.0840 e. The number of hydrogen-bond donors (Lipinski definition) is 0. The molecule has 1 heteroatoms. The molecule has 1 spiro atoms. The normalized spacial score (nSPS) is 53.7. The number of allylic oxidation sites excluding steroid dienone is 1. The molecule has 1 aliphatic heterocycles. The highest BCUT2D eigenvalue weighted by Gasteiger charge is 2.64. The van der Waals surface area contributed by atoms with Crippen LogP contribution in [0.5, 0.6) is 0 Å². The zero-order chi connectivity index (χ0) is 15.5. The quantitative estimate of drug-likeness (QED) is 0.577. The van der Waals surface area contributed by atoms with Gasteiger partial charge in [0, 0.05) is 5.41 Å². The molecule has 0 amide bonds. The predicted octanol–water partition coefficient (Wildman–Crippen LogP) is 5.52. The first-order chi connectivity index (χ1) is 9.78. The monoisotopic (exact) mass is 288 g/mol. The van der Waals surface area contributed by atoms with Gasteiger partial charge in [-0.2, -0.15) is 0 Å². The van der Waals surface area contributed by atoms with Crippen LogP contribution in [-0.4, -0.2) is 11.2 Å². The van der Waals surface area contributed by atoms with Crippen molar-refractivity contribution in [2.45, 2.75) is 77.4 Å². The largest absolute Gasteiger partial charge is 0.364 e. The van der Waals surface area contributed by atoms with Crippen LogP contribution in [0.4, 0.5) is 0 Å². The lowest BCUT2D eigenvalue weighted by atomic mass is 9.47. The molecule has 1 heterocycles. The van der Waals surface area contributed by atoms with E-state index >= 15 is 0 Å². The van der Waals surface area contributed by atoms with Gasteiger partial charge in [-0.3, -0.25) is 0 Å². The molecular formula is C20H32O. The van der Waals surface area contributed by atoms with Crippen molar-refractivity contribution in [1.82, 2.24) is 0 Å². The van der Waals surface area contributed by atoms with Crippen LogP contribution in [0, 0.1) is 23.2 Å². The zero-order valence-electron chi connectivity index (χ0n) is 14.4. The summed E-state index contributed by atoms with van der Waals surface area (Å²) in [5, 5.41) is 0. The summed E-state index contributed by atoms with van der Waals surface area (Å²) < 4.78 is 6.84. The molecule has 0 bridgehead atoms. The van der Waals surface area contributed by atoms with Crippen molar-refractivity contribution >= 4 is 0 Å². The minimum Gasteiger partial charge on any atom is -0.364 e. The van der Waals surface area contributed by atoms with E-state index in [1.54, 1.807) is 0 Å². The van der Waals surface area contributed by atoms with E-state index in [-0.39, 0.29) is 16.6 Å². The summed E-state index contributed by atoms with van der Waals surface area (Å²) in [7, 11) is 0. The number of rotatable bonds is 1. The highest BCUT2D eigenvalue weighted by atomic mass is 16.5. The van der Waals surface area contributed by atoms with Crippen LogP contribution in [0.15, 0.2) is 24.8 Å². The highest BCUT2D eigenvalue weighted by Crippen LogP contribution is 2.65. The molecule has 3 rings (SSSR count). The molecule has 118 valence electrons. The molecule has 0 aromatic heterocycles. The first-order valence-electron chi connectivity index (χ1n) is 8.80. The van der Waals surface area contributed by atoms with Crippen LogP contribution in [0.1, 0.15) is 66.2 Å². The van der Waals surface area contributed by atoms with Crippen LogP contribution in [0.3, 0.4) is 0 Å². The Kier molecular flexibility index (Phi) is 3.44. The summed E-state index contributed by atoms with van der Waals surface area (Å²) in [5.41, 5.74) is 1.64. The van der Waals surface area contributed by atoms with Crippen LogP contribution >= 0.6 is 0 Å². The molecule has 3 fully saturated rings. The number of fused-ring (bicyclic) bond motifs is 2. The van der Waals surface area contributed by atoms with E-state index in [4.69, 9.17) is 4.74 Å². The Labute approximate surface area is 130 Å². The second-order valence-electron chi connectivity index (χ2n) is 8.47. The van der Waals surface area contributed by atoms with Gasteiger partial charge >= 0.3 is 0 Å². The Bertz CT molecular complexity index is 466. The van der Waals surface area contributed by atoms with E-state index in [9.17, 15) is 0 Å². The first-order valence-corrected chi connectivity index (χ1v) is 8.80. The molecule has 0 unspecified atom stereocenters. The Morgan fingerprint density at radius 1 is 1.10 bits per heavy atom. The van der Waals surface area contributed by atoms with Gasteiger partial charge in [-0.15, -0.1) is 6.58 Å². The van der Waals surface area contributed by atoms with E-state index in [2.05, 4.69) is 40.9 Å². The van der Waals surface area contributed by atoms with Crippen molar-refractivity contribution in [3.05, 3.63) is 24.8 Å². The average molecular weight is 288 g/mol. The van der Waals surface area contributed by atoms with E-state index in [0.717, 1.165) is 6.42 Å². The van der Waals surface area contributed by atoms with E-state index in [1.165, 1.54) is 37.7 Å². The lowest BCUT2D eigenvalue weighted by Gasteiger charge is -2.61. The average Bonchev–Trinajstić information content (AvgIpc) is 2.82. The Morgan fingerprint density at radius 3 is 2.43 bits per heavy atom. The Morgan fingerprint density at radius 2 is 1.81 bits per heavy atom. The minimum absolute atomic E-state index is 0.0297. The summed E-state index contributed by atoms with van der Waals surface area (Å²) in [4.78, 5) is 0. The fourth-order valence-corrected chi connectivity index (χ4v) is 5.70. The zero-order valence-corrected chi connectivity index (χ0v) is 14.4. The van der Waals surface area contributed by atoms with Gasteiger partial charge in [0.05, 0.1) is 11.2 Å². The molecule has 21 heavy (non-hydrogen) atoms. The molecule has 2 aliphatic carbocycles. The SMILES string of the molecule is C=C[C@]1(C)CC[C@@]2(O1)[C@H](C)CC[C@H]1C(=C)[C@H](C)CC[C@@]12C. The van der Waals surface area contributed by atoms with Gasteiger partial charge in [0.15, 0.2) is 0 Å². The predicted molar refractivity (Wildman–Crippen MR) is 89.2 cm³/mol. The molecule has 6 atom stereocenters. The van der Waals surface area contributed by atoms with Crippen LogP contribution < -0.4 is 0 Å². The first kappa shape index (κ1) is 15.3. The summed E-state index contributed by atoms with van der Waals surface area (Å²) >= 11 is 0. The van der Waals surface area contributed by atoms with Gasteiger partial charge in [-0.1, -0.05) is 39.0 Å². The molecule has 0 N–H and O–H groups in total. The van der Waals surface area contributed by atoms with Gasteiger partial charge in [-0.25, -0.2) is 0 Å². The number of ether oxygens (including phenoxy) is 1. The summed E-state index contributed by atoms with van der Waals surface area (Å²) in [6.07, 6.45) is 9.47. The second-order valence-corrected chi connectivity index (χ2v) is 8.47. The minimum atomic E-state index is -0.135. The maximum Gasteiger partial charge on any atom is 0.0840 e. The molecule has 0 aromatic rings. The summed E-state index contributed by atoms with van der Waals surface area (Å²) in [6.45, 7) is 18.0. The van der Waals surface area contributed by atoms with Gasteiger partial charge in [-0.05, 0) is 63.2 Å². The van der Waals surface area contributed by atoms with Crippen molar-refractivity contribution in [2.24, 2.45) is 23.2 Å². The van der Waals surface area contributed by atoms with Gasteiger partial charge in [0.1, 0.15) is 0 Å². The lowest BCUT2D eigenvalue weighted by Crippen LogP contribution is -2.60. The van der Waals surface area contributed by atoms with Crippen LogP contribution in [0.2, 0.25) is 0 Å². The lowest BCUT2D eigenvalue weighted by molar-refractivity contribution is -0.211. The fourth-order valence-electron chi connectivity index (χ4n) is 5.70. The Balaban J connectivity index is 2.02. The molecule has 3 aliphatic rings. The molecule has 1 saturated heterocycles. The molecule has 0 aromatic carbocycles. The highest BCUT2D eigenvalue weighted by molar-refractivity contribution is 5.23. The molecule has 2 saturated carbocycles. The van der Waals surface area contributed by atoms with Crippen molar-refractivity contribution in [3.8, 4) is 0 Å². The van der Waals surface area contributed by atoms with Crippen LogP contribution in [-0.2, 0) is 4.74 Å². The fraction of sp³-hybridized carbons (Fsp3) is 0.800. The van der Waals surface area contributed by atoms with E-state index < -0.39 is 0 Å². The van der Waals surface area contributed by atoms with Crippen molar-refractivity contribution in [3.63, 3.8) is 0 Å². The number of hydrogen-bond acceptors (Lipinski definition) is 1. The topological polar surface area (TPSA) is 9.23 Å². The van der Waals surface area contributed by atoms with Crippen molar-refractivity contribution < 1.29 is 4.74 Å². The van der Waals surface area contributed by atoms with Gasteiger partial charge in [0.25, 0.3) is 0 Å². The summed E-state index contributed by atoms with van der Waals surface area (Å²) in [6, 6.07) is 0. The van der Waals surface area contributed by atoms with Crippen LogP contribution in [0.25, 0.3) is 0 Å². The third-order valence-electron chi connectivity index (χ3n) is 7.44. The second kappa shape index (κ2) is 4.72. The van der Waals surface area contributed by atoms with Gasteiger partial charge < -0.3 is 4.74 Å². The van der Waals surface area contributed by atoms with Gasteiger partial charge in [0.2, 0.25) is 0 Å². The van der Waals surface area contributed by atoms with E-state index in [1.807, 2.05) is 6.08 Å². The molecule has 1 nitrogen and oxygen atoms in total. The third-order valence-corrected chi connectivity index (χ3v) is 7.44.